The fourth-order valence-electron chi connectivity index (χ4n) is 3.67. The van der Waals surface area contributed by atoms with E-state index in [0.717, 1.165) is 11.1 Å². The zero-order valence-electron chi connectivity index (χ0n) is 20.6. The standard InChI is InChI=1S/C28H23N3O7/c1-17-9-12-35-24(17)13-19(29)27(32)36-16-18-7-10-31(11-8-18)26-15-20-25(37-26)14-21(30-20)28(33)38-23-6-4-3-5-22(23)34-2/h3-15H,16,29H2,1-2H3/p+1. The van der Waals surface area contributed by atoms with Gasteiger partial charge >= 0.3 is 17.8 Å². The number of aromatic amines is 1. The average Bonchev–Trinajstić information content (AvgIpc) is 3.63. The third kappa shape index (κ3) is 5.14. The number of hydrogen-bond donors (Lipinski definition) is 2. The molecule has 0 unspecified atom stereocenters. The molecule has 0 fully saturated rings. The number of para-hydroxylation sites is 2. The van der Waals surface area contributed by atoms with Gasteiger partial charge in [-0.15, -0.1) is 4.57 Å². The van der Waals surface area contributed by atoms with Crippen molar-refractivity contribution in [3.05, 3.63) is 102 Å². The molecule has 4 heterocycles. The molecule has 10 heteroatoms. The summed E-state index contributed by atoms with van der Waals surface area (Å²) in [6, 6.07) is 15.6. The molecule has 0 saturated heterocycles. The molecule has 3 N–H and O–H groups in total. The number of furan rings is 2. The number of fused-ring (bicyclic) bond motifs is 1. The largest absolute Gasteiger partial charge is 0.493 e. The summed E-state index contributed by atoms with van der Waals surface area (Å²) in [5.41, 5.74) is 8.77. The van der Waals surface area contributed by atoms with Crippen molar-refractivity contribution in [1.82, 2.24) is 4.98 Å². The van der Waals surface area contributed by atoms with Crippen LogP contribution in [0.3, 0.4) is 0 Å². The van der Waals surface area contributed by atoms with Crippen molar-refractivity contribution < 1.29 is 37.2 Å². The smallest absolute Gasteiger partial charge is 0.381 e. The van der Waals surface area contributed by atoms with Crippen LogP contribution >= 0.6 is 0 Å². The number of aryl methyl sites for hydroxylation is 1. The van der Waals surface area contributed by atoms with Crippen molar-refractivity contribution in [3.63, 3.8) is 0 Å². The van der Waals surface area contributed by atoms with Crippen molar-refractivity contribution in [1.29, 1.82) is 0 Å². The molecule has 10 nitrogen and oxygen atoms in total. The predicted octanol–water partition coefficient (Wildman–Crippen LogP) is 4.21. The minimum absolute atomic E-state index is 0.0436. The lowest BCUT2D eigenvalue weighted by atomic mass is 10.2. The maximum atomic E-state index is 12.6. The summed E-state index contributed by atoms with van der Waals surface area (Å²) in [6.07, 6.45) is 6.50. The lowest BCUT2D eigenvalue weighted by molar-refractivity contribution is -0.608. The van der Waals surface area contributed by atoms with E-state index in [0.29, 0.717) is 34.2 Å². The molecule has 38 heavy (non-hydrogen) atoms. The highest BCUT2D eigenvalue weighted by Crippen LogP contribution is 2.27. The molecule has 5 rings (SSSR count). The Kier molecular flexibility index (Phi) is 6.68. The second-order valence-electron chi connectivity index (χ2n) is 8.34. The number of nitrogens with one attached hydrogen (secondary N) is 1. The first kappa shape index (κ1) is 24.4. The summed E-state index contributed by atoms with van der Waals surface area (Å²) in [5, 5.41) is 0. The van der Waals surface area contributed by atoms with E-state index < -0.39 is 11.9 Å². The molecule has 0 atom stereocenters. The molecule has 4 aromatic heterocycles. The van der Waals surface area contributed by atoms with E-state index in [4.69, 9.17) is 28.8 Å². The maximum absolute atomic E-state index is 12.6. The molecular weight excluding hydrogens is 490 g/mol. The summed E-state index contributed by atoms with van der Waals surface area (Å²) in [6.45, 7) is 1.89. The van der Waals surface area contributed by atoms with E-state index in [1.807, 2.05) is 6.92 Å². The summed E-state index contributed by atoms with van der Waals surface area (Å²) < 4.78 is 28.8. The van der Waals surface area contributed by atoms with Gasteiger partial charge in [0.15, 0.2) is 29.5 Å². The molecule has 192 valence electrons. The molecule has 5 aromatic rings. The second kappa shape index (κ2) is 10.4. The van der Waals surface area contributed by atoms with Crippen LogP contribution in [0.15, 0.2) is 87.8 Å². The summed E-state index contributed by atoms with van der Waals surface area (Å²) in [4.78, 5) is 27.8. The SMILES string of the molecule is COc1ccccc1OC(=O)c1cc2oc(-[n+]3ccc(COC(=O)C(N)=Cc4occc4C)cc3)cc2[nH]1. The van der Waals surface area contributed by atoms with Crippen LogP contribution in [0.2, 0.25) is 0 Å². The van der Waals surface area contributed by atoms with Crippen LogP contribution in [0.1, 0.15) is 27.4 Å². The molecule has 0 saturated carbocycles. The van der Waals surface area contributed by atoms with Gasteiger partial charge in [0, 0.05) is 29.8 Å². The average molecular weight is 515 g/mol. The monoisotopic (exact) mass is 514 g/mol. The third-order valence-corrected chi connectivity index (χ3v) is 5.73. The Morgan fingerprint density at radius 2 is 1.84 bits per heavy atom. The molecule has 0 aliphatic rings. The normalized spacial score (nSPS) is 11.5. The maximum Gasteiger partial charge on any atom is 0.381 e. The number of H-pyrrole nitrogens is 1. The zero-order chi connectivity index (χ0) is 26.6. The van der Waals surface area contributed by atoms with Gasteiger partial charge in [-0.1, -0.05) is 12.1 Å². The van der Waals surface area contributed by atoms with E-state index in [1.165, 1.54) is 19.4 Å². The Morgan fingerprint density at radius 1 is 1.08 bits per heavy atom. The van der Waals surface area contributed by atoms with Crippen LogP contribution in [-0.2, 0) is 16.1 Å². The molecule has 0 aliphatic carbocycles. The highest BCUT2D eigenvalue weighted by molar-refractivity contribution is 5.95. The van der Waals surface area contributed by atoms with Gasteiger partial charge in [0.2, 0.25) is 0 Å². The first-order valence-electron chi connectivity index (χ1n) is 11.6. The van der Waals surface area contributed by atoms with Gasteiger partial charge in [0.05, 0.1) is 25.0 Å². The number of benzene rings is 1. The lowest BCUT2D eigenvalue weighted by Gasteiger charge is -2.07. The first-order valence-corrected chi connectivity index (χ1v) is 11.6. The van der Waals surface area contributed by atoms with E-state index in [9.17, 15) is 9.59 Å². The molecule has 1 aromatic carbocycles. The minimum atomic E-state index is -0.641. The van der Waals surface area contributed by atoms with Gasteiger partial charge < -0.3 is 33.8 Å². The van der Waals surface area contributed by atoms with Gasteiger partial charge in [-0.25, -0.2) is 9.59 Å². The Morgan fingerprint density at radius 3 is 2.53 bits per heavy atom. The van der Waals surface area contributed by atoms with Crippen molar-refractivity contribution in [2.45, 2.75) is 13.5 Å². The quantitative estimate of drug-likeness (QED) is 0.136. The number of aromatic nitrogens is 2. The van der Waals surface area contributed by atoms with Crippen molar-refractivity contribution in [3.8, 4) is 17.4 Å². The summed E-state index contributed by atoms with van der Waals surface area (Å²) in [5.74, 6) is 0.605. The van der Waals surface area contributed by atoms with E-state index in [2.05, 4.69) is 4.98 Å². The Balaban J connectivity index is 1.22. The van der Waals surface area contributed by atoms with Gasteiger partial charge in [0.1, 0.15) is 23.8 Å². The predicted molar refractivity (Wildman–Crippen MR) is 135 cm³/mol. The Hall–Kier alpha value is -5.25. The highest BCUT2D eigenvalue weighted by atomic mass is 16.6. The summed E-state index contributed by atoms with van der Waals surface area (Å²) >= 11 is 0. The van der Waals surface area contributed by atoms with Crippen LogP contribution in [0.5, 0.6) is 11.5 Å². The molecule has 0 spiro atoms. The number of ether oxygens (including phenoxy) is 3. The van der Waals surface area contributed by atoms with Crippen LogP contribution in [0.4, 0.5) is 0 Å². The second-order valence-corrected chi connectivity index (χ2v) is 8.34. The Labute approximate surface area is 216 Å². The third-order valence-electron chi connectivity index (χ3n) is 5.73. The van der Waals surface area contributed by atoms with Crippen molar-refractivity contribution in [2.24, 2.45) is 5.73 Å². The van der Waals surface area contributed by atoms with Crippen LogP contribution < -0.4 is 19.8 Å². The number of pyridine rings is 1. The number of methoxy groups -OCH3 is 1. The van der Waals surface area contributed by atoms with Crippen LogP contribution in [0, 0.1) is 6.92 Å². The number of carbonyl (C=O) groups is 2. The van der Waals surface area contributed by atoms with Gasteiger partial charge in [-0.05, 0) is 30.7 Å². The number of hydrogen-bond acceptors (Lipinski definition) is 8. The van der Waals surface area contributed by atoms with Gasteiger partial charge in [-0.3, -0.25) is 0 Å². The van der Waals surface area contributed by atoms with Gasteiger partial charge in [0.25, 0.3) is 0 Å². The molecule has 0 amide bonds. The van der Waals surface area contributed by atoms with E-state index in [-0.39, 0.29) is 18.0 Å². The number of nitrogens with two attached hydrogens (primary N) is 1. The number of esters is 2. The number of rotatable bonds is 8. The number of nitrogens with zero attached hydrogens (tertiary/aromatic N) is 1. The molecule has 0 aliphatic heterocycles. The molecular formula is C28H24N3O7+. The number of carbonyl (C=O) groups excluding carboxylic acids is 2. The van der Waals surface area contributed by atoms with E-state index >= 15 is 0 Å². The van der Waals surface area contributed by atoms with Crippen LogP contribution in [-0.4, -0.2) is 24.0 Å². The molecule has 0 bridgehead atoms. The fourth-order valence-corrected chi connectivity index (χ4v) is 3.67. The zero-order valence-corrected chi connectivity index (χ0v) is 20.6. The Bertz CT molecular complexity index is 1610. The summed E-state index contributed by atoms with van der Waals surface area (Å²) in [7, 11) is 1.50. The highest BCUT2D eigenvalue weighted by Gasteiger charge is 2.20. The van der Waals surface area contributed by atoms with E-state index in [1.54, 1.807) is 71.6 Å². The fraction of sp³-hybridized carbons (Fsp3) is 0.107. The van der Waals surface area contributed by atoms with Crippen molar-refractivity contribution >= 4 is 29.1 Å². The molecule has 0 radical (unpaired) electrons. The van der Waals surface area contributed by atoms with Crippen LogP contribution in [0.25, 0.3) is 23.1 Å². The van der Waals surface area contributed by atoms with Crippen molar-refractivity contribution in [2.75, 3.05) is 7.11 Å². The first-order chi connectivity index (χ1) is 18.4. The lowest BCUT2D eigenvalue weighted by Crippen LogP contribution is -2.28. The topological polar surface area (TPSA) is 134 Å². The van der Waals surface area contributed by atoms with Gasteiger partial charge in [-0.2, -0.15) is 0 Å². The minimum Gasteiger partial charge on any atom is -0.493 e.